The molecule has 0 amide bonds. The van der Waals surface area contributed by atoms with E-state index in [1.54, 1.807) is 0 Å². The van der Waals surface area contributed by atoms with Crippen molar-refractivity contribution in [2.24, 2.45) is 0 Å². The second-order valence-corrected chi connectivity index (χ2v) is 4.81. The van der Waals surface area contributed by atoms with Gasteiger partial charge in [-0.25, -0.2) is 0 Å². The van der Waals surface area contributed by atoms with E-state index in [0.717, 1.165) is 39.2 Å². The van der Waals surface area contributed by atoms with Gasteiger partial charge in [-0.3, -0.25) is 0 Å². The van der Waals surface area contributed by atoms with E-state index in [1.807, 2.05) is 50.4 Å². The quantitative estimate of drug-likeness (QED) is 0.807. The first-order chi connectivity index (χ1) is 9.56. The minimum atomic E-state index is 0.771. The van der Waals surface area contributed by atoms with Crippen molar-refractivity contribution in [3.05, 3.63) is 71.8 Å². The number of nitrogens with one attached hydrogen (secondary N) is 1. The highest BCUT2D eigenvalue weighted by molar-refractivity contribution is 5.87. The molecule has 2 aromatic rings. The van der Waals surface area contributed by atoms with Crippen LogP contribution < -0.4 is 11.1 Å². The number of aryl methyl sites for hydroxylation is 1. The average molecular weight is 264 g/mol. The van der Waals surface area contributed by atoms with Gasteiger partial charge in [0.2, 0.25) is 0 Å². The lowest BCUT2D eigenvalue weighted by Crippen LogP contribution is -1.98. The highest BCUT2D eigenvalue weighted by atomic mass is 14.8. The highest BCUT2D eigenvalue weighted by Gasteiger charge is 2.10. The molecule has 0 saturated carbocycles. The topological polar surface area (TPSA) is 38.0 Å². The molecule has 0 unspecified atom stereocenters. The lowest BCUT2D eigenvalue weighted by molar-refractivity contribution is 1.40. The van der Waals surface area contributed by atoms with Gasteiger partial charge in [0.05, 0.1) is 0 Å². The minimum Gasteiger partial charge on any atom is -0.399 e. The summed E-state index contributed by atoms with van der Waals surface area (Å²) in [7, 11) is 1.91. The second-order valence-electron chi connectivity index (χ2n) is 4.81. The van der Waals surface area contributed by atoms with Crippen LogP contribution >= 0.6 is 0 Å². The molecule has 2 heteroatoms. The lowest BCUT2D eigenvalue weighted by atomic mass is 9.93. The molecule has 102 valence electrons. The number of anilines is 2. The molecule has 0 aliphatic rings. The molecule has 0 bridgehead atoms. The Balaban J connectivity index is 2.54. The molecule has 2 rings (SSSR count). The van der Waals surface area contributed by atoms with Crippen LogP contribution in [0.2, 0.25) is 0 Å². The molecule has 2 aromatic carbocycles. The van der Waals surface area contributed by atoms with Crippen molar-refractivity contribution in [1.82, 2.24) is 0 Å². The Labute approximate surface area is 120 Å². The van der Waals surface area contributed by atoms with Crippen LogP contribution in [0.4, 0.5) is 11.4 Å². The molecule has 3 N–H and O–H groups in total. The predicted octanol–water partition coefficient (Wildman–Crippen LogP) is 4.32. The number of rotatable bonds is 4. The standard InChI is InChI=1S/C18H20N2/c1-5-14-6-9-18(20-4)17(11-14)13(3)16-8-7-15(19)10-12(16)2/h5-11,20H,1,3,19H2,2,4H3. The molecular formula is C18H20N2. The summed E-state index contributed by atoms with van der Waals surface area (Å²) >= 11 is 0. The molecule has 0 radical (unpaired) electrons. The van der Waals surface area contributed by atoms with Crippen molar-refractivity contribution in [2.45, 2.75) is 6.92 Å². The summed E-state index contributed by atoms with van der Waals surface area (Å²) in [5.74, 6) is 0. The monoisotopic (exact) mass is 264 g/mol. The fourth-order valence-corrected chi connectivity index (χ4v) is 2.33. The zero-order valence-corrected chi connectivity index (χ0v) is 12.0. The Bertz CT molecular complexity index is 669. The summed E-state index contributed by atoms with van der Waals surface area (Å²) in [5, 5.41) is 3.21. The summed E-state index contributed by atoms with van der Waals surface area (Å²) < 4.78 is 0. The van der Waals surface area contributed by atoms with Gasteiger partial charge in [0.1, 0.15) is 0 Å². The van der Waals surface area contributed by atoms with E-state index in [4.69, 9.17) is 5.73 Å². The van der Waals surface area contributed by atoms with Gasteiger partial charge in [0, 0.05) is 24.0 Å². The largest absolute Gasteiger partial charge is 0.399 e. The van der Waals surface area contributed by atoms with E-state index in [1.165, 1.54) is 0 Å². The molecule has 0 aliphatic heterocycles. The molecular weight excluding hydrogens is 244 g/mol. The van der Waals surface area contributed by atoms with E-state index in [-0.39, 0.29) is 0 Å². The van der Waals surface area contributed by atoms with E-state index >= 15 is 0 Å². The molecule has 0 aliphatic carbocycles. The molecule has 20 heavy (non-hydrogen) atoms. The maximum atomic E-state index is 5.81. The molecule has 0 spiro atoms. The molecule has 0 fully saturated rings. The van der Waals surface area contributed by atoms with Crippen LogP contribution in [0.15, 0.2) is 49.6 Å². The highest BCUT2D eigenvalue weighted by Crippen LogP contribution is 2.31. The number of nitrogen functional groups attached to an aromatic ring is 1. The zero-order valence-electron chi connectivity index (χ0n) is 12.0. The third-order valence-electron chi connectivity index (χ3n) is 3.45. The predicted molar refractivity (Wildman–Crippen MR) is 89.8 cm³/mol. The van der Waals surface area contributed by atoms with Gasteiger partial charge in [-0.2, -0.15) is 0 Å². The Morgan fingerprint density at radius 1 is 1.15 bits per heavy atom. The van der Waals surface area contributed by atoms with Gasteiger partial charge in [-0.1, -0.05) is 31.4 Å². The van der Waals surface area contributed by atoms with Gasteiger partial charge in [0.15, 0.2) is 0 Å². The fraction of sp³-hybridized carbons (Fsp3) is 0.111. The zero-order chi connectivity index (χ0) is 14.7. The van der Waals surface area contributed by atoms with Crippen molar-refractivity contribution in [2.75, 3.05) is 18.1 Å². The summed E-state index contributed by atoms with van der Waals surface area (Å²) in [6, 6.07) is 12.1. The van der Waals surface area contributed by atoms with Crippen molar-refractivity contribution >= 4 is 23.0 Å². The number of benzene rings is 2. The number of hydrogen-bond donors (Lipinski definition) is 2. The summed E-state index contributed by atoms with van der Waals surface area (Å²) in [5.41, 5.74) is 13.0. The van der Waals surface area contributed by atoms with Crippen molar-refractivity contribution in [1.29, 1.82) is 0 Å². The van der Waals surface area contributed by atoms with Crippen LogP contribution in [0.25, 0.3) is 11.6 Å². The first-order valence-corrected chi connectivity index (χ1v) is 6.57. The van der Waals surface area contributed by atoms with E-state index in [0.29, 0.717) is 0 Å². The molecule has 0 heterocycles. The van der Waals surface area contributed by atoms with Crippen LogP contribution in [-0.4, -0.2) is 7.05 Å². The number of nitrogens with two attached hydrogens (primary N) is 1. The molecule has 0 atom stereocenters. The normalized spacial score (nSPS) is 10.1. The third-order valence-corrected chi connectivity index (χ3v) is 3.45. The van der Waals surface area contributed by atoms with Crippen LogP contribution in [0, 0.1) is 6.92 Å². The summed E-state index contributed by atoms with van der Waals surface area (Å²) in [6.07, 6.45) is 1.84. The fourth-order valence-electron chi connectivity index (χ4n) is 2.33. The Hall–Kier alpha value is -2.48. The van der Waals surface area contributed by atoms with Crippen molar-refractivity contribution in [3.63, 3.8) is 0 Å². The van der Waals surface area contributed by atoms with Gasteiger partial charge >= 0.3 is 0 Å². The average Bonchev–Trinajstić information content (AvgIpc) is 2.46. The van der Waals surface area contributed by atoms with Crippen LogP contribution in [0.3, 0.4) is 0 Å². The maximum absolute atomic E-state index is 5.81. The van der Waals surface area contributed by atoms with E-state index in [9.17, 15) is 0 Å². The summed E-state index contributed by atoms with van der Waals surface area (Å²) in [4.78, 5) is 0. The summed E-state index contributed by atoms with van der Waals surface area (Å²) in [6.45, 7) is 10.1. The number of hydrogen-bond acceptors (Lipinski definition) is 2. The van der Waals surface area contributed by atoms with E-state index in [2.05, 4.69) is 24.5 Å². The maximum Gasteiger partial charge on any atom is 0.0417 e. The van der Waals surface area contributed by atoms with E-state index < -0.39 is 0 Å². The minimum absolute atomic E-state index is 0.771. The van der Waals surface area contributed by atoms with Crippen molar-refractivity contribution < 1.29 is 0 Å². The first kappa shape index (κ1) is 13.9. The first-order valence-electron chi connectivity index (χ1n) is 6.57. The van der Waals surface area contributed by atoms with Crippen molar-refractivity contribution in [3.8, 4) is 0 Å². The molecule has 0 aromatic heterocycles. The van der Waals surface area contributed by atoms with Gasteiger partial charge in [-0.15, -0.1) is 0 Å². The third kappa shape index (κ3) is 2.59. The second kappa shape index (κ2) is 5.66. The van der Waals surface area contributed by atoms with Gasteiger partial charge in [-0.05, 0) is 53.5 Å². The van der Waals surface area contributed by atoms with Crippen LogP contribution in [0.1, 0.15) is 22.3 Å². The molecule has 2 nitrogen and oxygen atoms in total. The van der Waals surface area contributed by atoms with Crippen LogP contribution in [-0.2, 0) is 0 Å². The molecule has 0 saturated heterocycles. The van der Waals surface area contributed by atoms with Gasteiger partial charge in [0.25, 0.3) is 0 Å². The Kier molecular flexibility index (Phi) is 3.94. The van der Waals surface area contributed by atoms with Gasteiger partial charge < -0.3 is 11.1 Å². The lowest BCUT2D eigenvalue weighted by Gasteiger charge is -2.15. The Morgan fingerprint density at radius 3 is 2.50 bits per heavy atom. The smallest absolute Gasteiger partial charge is 0.0417 e. The Morgan fingerprint density at radius 2 is 1.90 bits per heavy atom. The SMILES string of the molecule is C=Cc1ccc(NC)c(C(=C)c2ccc(N)cc2C)c1. The van der Waals surface area contributed by atoms with Crippen LogP contribution in [0.5, 0.6) is 0 Å².